The van der Waals surface area contributed by atoms with E-state index in [-0.39, 0.29) is 6.54 Å². The van der Waals surface area contributed by atoms with E-state index < -0.39 is 5.97 Å². The Morgan fingerprint density at radius 3 is 2.57 bits per heavy atom. The van der Waals surface area contributed by atoms with Crippen molar-refractivity contribution < 1.29 is 9.90 Å². The Kier molecular flexibility index (Phi) is 4.48. The number of anilines is 2. The first kappa shape index (κ1) is 14.9. The van der Waals surface area contributed by atoms with Crippen molar-refractivity contribution >= 4 is 17.3 Å². The summed E-state index contributed by atoms with van der Waals surface area (Å²) >= 11 is 0. The summed E-state index contributed by atoms with van der Waals surface area (Å²) < 4.78 is 0. The van der Waals surface area contributed by atoms with Crippen LogP contribution in [0.15, 0.2) is 42.5 Å². The number of rotatable bonds is 5. The van der Waals surface area contributed by atoms with Crippen LogP contribution in [-0.4, -0.2) is 17.6 Å². The van der Waals surface area contributed by atoms with E-state index >= 15 is 0 Å². The van der Waals surface area contributed by atoms with Gasteiger partial charge in [0.15, 0.2) is 0 Å². The Bertz CT molecular complexity index is 653. The number of aryl methyl sites for hydroxylation is 2. The van der Waals surface area contributed by atoms with E-state index in [1.54, 1.807) is 11.0 Å². The number of hydrogen-bond acceptors (Lipinski definition) is 3. The van der Waals surface area contributed by atoms with Gasteiger partial charge < -0.3 is 15.7 Å². The van der Waals surface area contributed by atoms with Crippen LogP contribution in [0.2, 0.25) is 0 Å². The highest BCUT2D eigenvalue weighted by atomic mass is 16.4. The van der Waals surface area contributed by atoms with Crippen LogP contribution in [0.25, 0.3) is 0 Å². The molecular formula is C17H20N2O2. The summed E-state index contributed by atoms with van der Waals surface area (Å²) in [6.45, 7) is 4.50. The highest BCUT2D eigenvalue weighted by Crippen LogP contribution is 2.25. The summed E-state index contributed by atoms with van der Waals surface area (Å²) in [5.41, 5.74) is 10.7. The molecule has 110 valence electrons. The lowest BCUT2D eigenvalue weighted by molar-refractivity contribution is -0.135. The second-order valence-corrected chi connectivity index (χ2v) is 5.24. The quantitative estimate of drug-likeness (QED) is 0.828. The van der Waals surface area contributed by atoms with Gasteiger partial charge in [-0.2, -0.15) is 0 Å². The Balaban J connectivity index is 2.35. The molecule has 2 aromatic carbocycles. The number of nitrogen functional groups attached to an aromatic ring is 1. The molecule has 2 aromatic rings. The minimum Gasteiger partial charge on any atom is -0.480 e. The van der Waals surface area contributed by atoms with Gasteiger partial charge in [-0.3, -0.25) is 4.79 Å². The molecule has 0 aliphatic carbocycles. The predicted octanol–water partition coefficient (Wildman–Crippen LogP) is 2.98. The standard InChI is InChI=1S/C17H20N2O2/c1-12-7-8-13(2)14(9-12)10-19(11-17(20)21)16-6-4-3-5-15(16)18/h3-9H,10-11,18H2,1-2H3,(H,20,21). The van der Waals surface area contributed by atoms with Crippen LogP contribution in [0.5, 0.6) is 0 Å². The fourth-order valence-corrected chi connectivity index (χ4v) is 2.34. The molecule has 0 radical (unpaired) electrons. The molecular weight excluding hydrogens is 264 g/mol. The number of carbonyl (C=O) groups is 1. The number of nitrogens with zero attached hydrogens (tertiary/aromatic N) is 1. The van der Waals surface area contributed by atoms with Crippen LogP contribution in [-0.2, 0) is 11.3 Å². The average Bonchev–Trinajstić information content (AvgIpc) is 2.42. The lowest BCUT2D eigenvalue weighted by Gasteiger charge is -2.25. The molecule has 4 heteroatoms. The van der Waals surface area contributed by atoms with Crippen molar-refractivity contribution in [2.75, 3.05) is 17.2 Å². The van der Waals surface area contributed by atoms with E-state index in [0.29, 0.717) is 12.2 Å². The van der Waals surface area contributed by atoms with Gasteiger partial charge in [0.25, 0.3) is 0 Å². The molecule has 2 rings (SSSR count). The van der Waals surface area contributed by atoms with Crippen LogP contribution < -0.4 is 10.6 Å². The van der Waals surface area contributed by atoms with Gasteiger partial charge in [-0.05, 0) is 37.1 Å². The van der Waals surface area contributed by atoms with Crippen LogP contribution in [0, 0.1) is 13.8 Å². The third kappa shape index (κ3) is 3.75. The Hall–Kier alpha value is -2.49. The first-order chi connectivity index (χ1) is 9.97. The molecule has 3 N–H and O–H groups in total. The zero-order valence-corrected chi connectivity index (χ0v) is 12.3. The van der Waals surface area contributed by atoms with Crippen molar-refractivity contribution in [2.24, 2.45) is 0 Å². The Morgan fingerprint density at radius 1 is 1.19 bits per heavy atom. The average molecular weight is 284 g/mol. The van der Waals surface area contributed by atoms with Crippen LogP contribution >= 0.6 is 0 Å². The Morgan fingerprint density at radius 2 is 1.90 bits per heavy atom. The molecule has 0 atom stereocenters. The molecule has 0 unspecified atom stereocenters. The second-order valence-electron chi connectivity index (χ2n) is 5.24. The summed E-state index contributed by atoms with van der Waals surface area (Å²) in [5, 5.41) is 9.16. The van der Waals surface area contributed by atoms with Gasteiger partial charge in [-0.1, -0.05) is 35.9 Å². The van der Waals surface area contributed by atoms with Gasteiger partial charge in [0.05, 0.1) is 11.4 Å². The molecule has 0 bridgehead atoms. The molecule has 4 nitrogen and oxygen atoms in total. The fourth-order valence-electron chi connectivity index (χ4n) is 2.34. The predicted molar refractivity (Wildman–Crippen MR) is 85.5 cm³/mol. The number of carboxylic acids is 1. The topological polar surface area (TPSA) is 66.6 Å². The molecule has 0 saturated carbocycles. The first-order valence-corrected chi connectivity index (χ1v) is 6.84. The molecule has 0 fully saturated rings. The van der Waals surface area contributed by atoms with Crippen LogP contribution in [0.4, 0.5) is 11.4 Å². The van der Waals surface area contributed by atoms with Gasteiger partial charge in [-0.15, -0.1) is 0 Å². The molecule has 0 saturated heterocycles. The summed E-state index contributed by atoms with van der Waals surface area (Å²) in [6.07, 6.45) is 0. The fraction of sp³-hybridized carbons (Fsp3) is 0.235. The molecule has 21 heavy (non-hydrogen) atoms. The minimum atomic E-state index is -0.872. The second kappa shape index (κ2) is 6.31. The normalized spacial score (nSPS) is 10.4. The minimum absolute atomic E-state index is 0.0818. The van der Waals surface area contributed by atoms with Gasteiger partial charge >= 0.3 is 5.97 Å². The zero-order valence-electron chi connectivity index (χ0n) is 12.3. The molecule has 0 spiro atoms. The zero-order chi connectivity index (χ0) is 15.4. The lowest BCUT2D eigenvalue weighted by Crippen LogP contribution is -2.30. The molecule has 0 heterocycles. The number of benzene rings is 2. The number of para-hydroxylation sites is 2. The molecule has 0 aromatic heterocycles. The molecule has 0 aliphatic heterocycles. The maximum absolute atomic E-state index is 11.2. The molecule has 0 aliphatic rings. The van der Waals surface area contributed by atoms with E-state index in [1.165, 1.54) is 0 Å². The van der Waals surface area contributed by atoms with E-state index in [9.17, 15) is 4.79 Å². The Labute approximate surface area is 124 Å². The van der Waals surface area contributed by atoms with E-state index in [1.807, 2.05) is 32.0 Å². The number of nitrogens with two attached hydrogens (primary N) is 1. The van der Waals surface area contributed by atoms with Crippen LogP contribution in [0.1, 0.15) is 16.7 Å². The monoisotopic (exact) mass is 284 g/mol. The maximum Gasteiger partial charge on any atom is 0.323 e. The highest BCUT2D eigenvalue weighted by molar-refractivity contribution is 5.77. The third-order valence-electron chi connectivity index (χ3n) is 3.47. The van der Waals surface area contributed by atoms with Gasteiger partial charge in [-0.25, -0.2) is 0 Å². The van der Waals surface area contributed by atoms with Crippen LogP contribution in [0.3, 0.4) is 0 Å². The summed E-state index contributed by atoms with van der Waals surface area (Å²) in [4.78, 5) is 12.9. The first-order valence-electron chi connectivity index (χ1n) is 6.84. The highest BCUT2D eigenvalue weighted by Gasteiger charge is 2.14. The number of carboxylic acid groups (broad SMARTS) is 1. The van der Waals surface area contributed by atoms with Gasteiger partial charge in [0.1, 0.15) is 6.54 Å². The van der Waals surface area contributed by atoms with Crippen molar-refractivity contribution in [3.05, 3.63) is 59.2 Å². The smallest absolute Gasteiger partial charge is 0.323 e. The van der Waals surface area contributed by atoms with Crippen molar-refractivity contribution in [3.63, 3.8) is 0 Å². The van der Waals surface area contributed by atoms with Crippen molar-refractivity contribution in [2.45, 2.75) is 20.4 Å². The van der Waals surface area contributed by atoms with Gasteiger partial charge in [0, 0.05) is 6.54 Å². The van der Waals surface area contributed by atoms with Gasteiger partial charge in [0.2, 0.25) is 0 Å². The summed E-state index contributed by atoms with van der Waals surface area (Å²) in [7, 11) is 0. The van der Waals surface area contributed by atoms with Crippen molar-refractivity contribution in [3.8, 4) is 0 Å². The third-order valence-corrected chi connectivity index (χ3v) is 3.47. The summed E-state index contributed by atoms with van der Waals surface area (Å²) in [5.74, 6) is -0.872. The summed E-state index contributed by atoms with van der Waals surface area (Å²) in [6, 6.07) is 13.5. The number of aliphatic carboxylic acids is 1. The van der Waals surface area contributed by atoms with Crippen molar-refractivity contribution in [1.82, 2.24) is 0 Å². The lowest BCUT2D eigenvalue weighted by atomic mass is 10.0. The van der Waals surface area contributed by atoms with E-state index in [0.717, 1.165) is 22.4 Å². The SMILES string of the molecule is Cc1ccc(C)c(CN(CC(=O)O)c2ccccc2N)c1. The molecule has 0 amide bonds. The largest absolute Gasteiger partial charge is 0.480 e. The van der Waals surface area contributed by atoms with Crippen molar-refractivity contribution in [1.29, 1.82) is 0 Å². The maximum atomic E-state index is 11.2. The van der Waals surface area contributed by atoms with E-state index in [4.69, 9.17) is 10.8 Å². The van der Waals surface area contributed by atoms with E-state index in [2.05, 4.69) is 18.2 Å². The number of hydrogen-bond donors (Lipinski definition) is 2.